The molecule has 0 heterocycles. The van der Waals surface area contributed by atoms with Gasteiger partial charge in [0.1, 0.15) is 0 Å². The van der Waals surface area contributed by atoms with Crippen molar-refractivity contribution in [3.05, 3.63) is 29.8 Å². The van der Waals surface area contributed by atoms with E-state index in [1.807, 2.05) is 12.1 Å². The second-order valence-corrected chi connectivity index (χ2v) is 5.77. The minimum Gasteiger partial charge on any atom is -0.398 e. The van der Waals surface area contributed by atoms with Gasteiger partial charge in [-0.2, -0.15) is 0 Å². The van der Waals surface area contributed by atoms with Crippen LogP contribution in [0.4, 0.5) is 5.69 Å². The van der Waals surface area contributed by atoms with Crippen LogP contribution in [-0.2, 0) is 11.3 Å². The number of hydrogen-bond acceptors (Lipinski definition) is 3. The molecule has 0 saturated carbocycles. The van der Waals surface area contributed by atoms with Gasteiger partial charge < -0.3 is 10.5 Å². The third kappa shape index (κ3) is 6.92. The van der Waals surface area contributed by atoms with Crippen LogP contribution in [0.1, 0.15) is 39.2 Å². The summed E-state index contributed by atoms with van der Waals surface area (Å²) in [5.41, 5.74) is 8.11. The number of nitrogen functional groups attached to an aromatic ring is 1. The van der Waals surface area contributed by atoms with Gasteiger partial charge in [0.05, 0.1) is 6.61 Å². The lowest BCUT2D eigenvalue weighted by Crippen LogP contribution is -2.28. The molecule has 0 bridgehead atoms. The van der Waals surface area contributed by atoms with Gasteiger partial charge in [-0.1, -0.05) is 39.0 Å². The molecule has 0 saturated heterocycles. The van der Waals surface area contributed by atoms with Crippen LogP contribution < -0.4 is 5.73 Å². The first kappa shape index (κ1) is 17.0. The SMILES string of the molecule is CCCN(CCOCCC(C)C)Cc1ccccc1N. The number of ether oxygens (including phenoxy) is 1. The van der Waals surface area contributed by atoms with Crippen molar-refractivity contribution in [2.75, 3.05) is 32.0 Å². The summed E-state index contributed by atoms with van der Waals surface area (Å²) in [5.74, 6) is 0.714. The molecule has 0 atom stereocenters. The van der Waals surface area contributed by atoms with Crippen molar-refractivity contribution >= 4 is 5.69 Å². The summed E-state index contributed by atoms with van der Waals surface area (Å²) in [5, 5.41) is 0. The normalized spacial score (nSPS) is 11.4. The lowest BCUT2D eigenvalue weighted by Gasteiger charge is -2.22. The quantitative estimate of drug-likeness (QED) is 0.525. The molecular weight excluding hydrogens is 248 g/mol. The molecule has 0 aromatic heterocycles. The van der Waals surface area contributed by atoms with Crippen molar-refractivity contribution in [3.63, 3.8) is 0 Å². The van der Waals surface area contributed by atoms with E-state index in [4.69, 9.17) is 10.5 Å². The van der Waals surface area contributed by atoms with E-state index in [2.05, 4.69) is 37.8 Å². The number of rotatable bonds is 10. The Labute approximate surface area is 124 Å². The molecule has 2 N–H and O–H groups in total. The number of nitrogens with zero attached hydrogens (tertiary/aromatic N) is 1. The third-order valence-electron chi connectivity index (χ3n) is 3.38. The summed E-state index contributed by atoms with van der Waals surface area (Å²) in [6.45, 7) is 11.3. The van der Waals surface area contributed by atoms with Gasteiger partial charge in [0.25, 0.3) is 0 Å². The lowest BCUT2D eigenvalue weighted by molar-refractivity contribution is 0.0938. The zero-order valence-corrected chi connectivity index (χ0v) is 13.3. The van der Waals surface area contributed by atoms with Crippen molar-refractivity contribution in [1.29, 1.82) is 0 Å². The van der Waals surface area contributed by atoms with Gasteiger partial charge in [-0.25, -0.2) is 0 Å². The largest absolute Gasteiger partial charge is 0.398 e. The number of hydrogen-bond donors (Lipinski definition) is 1. The fourth-order valence-corrected chi connectivity index (χ4v) is 2.12. The van der Waals surface area contributed by atoms with Gasteiger partial charge in [-0.15, -0.1) is 0 Å². The Morgan fingerprint density at radius 3 is 2.55 bits per heavy atom. The van der Waals surface area contributed by atoms with E-state index in [9.17, 15) is 0 Å². The monoisotopic (exact) mass is 278 g/mol. The molecule has 3 nitrogen and oxygen atoms in total. The smallest absolute Gasteiger partial charge is 0.0593 e. The molecule has 1 aromatic carbocycles. The first-order chi connectivity index (χ1) is 9.63. The molecule has 1 rings (SSSR count). The fourth-order valence-electron chi connectivity index (χ4n) is 2.12. The predicted molar refractivity (Wildman–Crippen MR) is 86.7 cm³/mol. The first-order valence-electron chi connectivity index (χ1n) is 7.77. The number of para-hydroxylation sites is 1. The van der Waals surface area contributed by atoms with Gasteiger partial charge in [0.2, 0.25) is 0 Å². The number of anilines is 1. The molecule has 0 amide bonds. The van der Waals surface area contributed by atoms with Crippen LogP contribution in [-0.4, -0.2) is 31.2 Å². The number of nitrogens with two attached hydrogens (primary N) is 1. The van der Waals surface area contributed by atoms with Crippen LogP contribution in [0.2, 0.25) is 0 Å². The highest BCUT2D eigenvalue weighted by molar-refractivity contribution is 5.46. The van der Waals surface area contributed by atoms with Crippen molar-refractivity contribution < 1.29 is 4.74 Å². The Balaban J connectivity index is 2.35. The second kappa shape index (κ2) is 9.78. The molecule has 0 aliphatic heterocycles. The average Bonchev–Trinajstić information content (AvgIpc) is 2.40. The molecule has 0 radical (unpaired) electrons. The molecular formula is C17H30N2O. The Morgan fingerprint density at radius 2 is 1.90 bits per heavy atom. The van der Waals surface area contributed by atoms with E-state index in [0.717, 1.165) is 51.4 Å². The van der Waals surface area contributed by atoms with Crippen LogP contribution in [0.3, 0.4) is 0 Å². The van der Waals surface area contributed by atoms with E-state index in [-0.39, 0.29) is 0 Å². The van der Waals surface area contributed by atoms with Crippen LogP contribution in [0.25, 0.3) is 0 Å². The molecule has 0 unspecified atom stereocenters. The molecule has 0 aliphatic carbocycles. The zero-order valence-electron chi connectivity index (χ0n) is 13.3. The number of benzene rings is 1. The maximum atomic E-state index is 6.02. The highest BCUT2D eigenvalue weighted by Gasteiger charge is 2.07. The van der Waals surface area contributed by atoms with Crippen molar-refractivity contribution in [3.8, 4) is 0 Å². The van der Waals surface area contributed by atoms with Gasteiger partial charge in [0, 0.05) is 25.4 Å². The highest BCUT2D eigenvalue weighted by Crippen LogP contribution is 2.13. The molecule has 0 spiro atoms. The maximum Gasteiger partial charge on any atom is 0.0593 e. The van der Waals surface area contributed by atoms with Crippen LogP contribution in [0, 0.1) is 5.92 Å². The van der Waals surface area contributed by atoms with Crippen LogP contribution >= 0.6 is 0 Å². The Hall–Kier alpha value is -1.06. The minimum atomic E-state index is 0.714. The average molecular weight is 278 g/mol. The fraction of sp³-hybridized carbons (Fsp3) is 0.647. The first-order valence-corrected chi connectivity index (χ1v) is 7.77. The van der Waals surface area contributed by atoms with E-state index in [0.29, 0.717) is 5.92 Å². The molecule has 0 aliphatic rings. The minimum absolute atomic E-state index is 0.714. The van der Waals surface area contributed by atoms with Crippen molar-refractivity contribution in [2.45, 2.75) is 40.2 Å². The third-order valence-corrected chi connectivity index (χ3v) is 3.38. The summed E-state index contributed by atoms with van der Waals surface area (Å²) in [4.78, 5) is 2.42. The highest BCUT2D eigenvalue weighted by atomic mass is 16.5. The molecule has 0 fully saturated rings. The van der Waals surface area contributed by atoms with Gasteiger partial charge in [-0.3, -0.25) is 4.90 Å². The summed E-state index contributed by atoms with van der Waals surface area (Å²) in [6.07, 6.45) is 2.29. The van der Waals surface area contributed by atoms with E-state index >= 15 is 0 Å². The molecule has 20 heavy (non-hydrogen) atoms. The van der Waals surface area contributed by atoms with Crippen LogP contribution in [0.15, 0.2) is 24.3 Å². The van der Waals surface area contributed by atoms with Crippen molar-refractivity contribution in [2.24, 2.45) is 5.92 Å². The topological polar surface area (TPSA) is 38.5 Å². The molecule has 1 aromatic rings. The van der Waals surface area contributed by atoms with E-state index < -0.39 is 0 Å². The van der Waals surface area contributed by atoms with Gasteiger partial charge in [-0.05, 0) is 36.9 Å². The molecule has 3 heteroatoms. The summed E-state index contributed by atoms with van der Waals surface area (Å²) in [7, 11) is 0. The second-order valence-electron chi connectivity index (χ2n) is 5.77. The Bertz CT molecular complexity index is 366. The van der Waals surface area contributed by atoms with Gasteiger partial charge >= 0.3 is 0 Å². The van der Waals surface area contributed by atoms with E-state index in [1.165, 1.54) is 5.56 Å². The summed E-state index contributed by atoms with van der Waals surface area (Å²) in [6, 6.07) is 8.11. The molecule has 114 valence electrons. The predicted octanol–water partition coefficient (Wildman–Crippen LogP) is 3.54. The standard InChI is InChI=1S/C17H30N2O/c1-4-10-19(11-13-20-12-9-15(2)3)14-16-7-5-6-8-17(16)18/h5-8,15H,4,9-14,18H2,1-3H3. The van der Waals surface area contributed by atoms with Gasteiger partial charge in [0.15, 0.2) is 0 Å². The summed E-state index contributed by atoms with van der Waals surface area (Å²) >= 11 is 0. The Morgan fingerprint density at radius 1 is 1.15 bits per heavy atom. The van der Waals surface area contributed by atoms with Crippen LogP contribution in [0.5, 0.6) is 0 Å². The maximum absolute atomic E-state index is 6.02. The summed E-state index contributed by atoms with van der Waals surface area (Å²) < 4.78 is 5.72. The van der Waals surface area contributed by atoms with Crippen molar-refractivity contribution in [1.82, 2.24) is 4.90 Å². The zero-order chi connectivity index (χ0) is 14.8. The Kier molecular flexibility index (Phi) is 8.31. The lowest BCUT2D eigenvalue weighted by atomic mass is 10.1. The van der Waals surface area contributed by atoms with E-state index in [1.54, 1.807) is 0 Å².